The van der Waals surface area contributed by atoms with Gasteiger partial charge in [-0.05, 0) is 57.8 Å². The van der Waals surface area contributed by atoms with Crippen LogP contribution in [0.4, 0.5) is 5.82 Å². The lowest BCUT2D eigenvalue weighted by molar-refractivity contribution is -0.0189. The second-order valence-electron chi connectivity index (χ2n) is 7.09. The van der Waals surface area contributed by atoms with E-state index >= 15 is 0 Å². The first-order chi connectivity index (χ1) is 11.0. The van der Waals surface area contributed by atoms with E-state index in [2.05, 4.69) is 29.2 Å². The molecule has 23 heavy (non-hydrogen) atoms. The SMILES string of the molecule is COc1c(Cl)ccc2c(N[C@H]3C4CCN(CC4)C3(C)C)noc12. The van der Waals surface area contributed by atoms with Crippen LogP contribution in [0.25, 0.3) is 11.0 Å². The number of nitrogens with one attached hydrogen (secondary N) is 1. The molecule has 3 aliphatic heterocycles. The molecule has 2 bridgehead atoms. The van der Waals surface area contributed by atoms with E-state index in [9.17, 15) is 0 Å². The molecule has 5 rings (SSSR count). The van der Waals surface area contributed by atoms with Crippen LogP contribution < -0.4 is 10.1 Å². The third-order valence-corrected chi connectivity index (χ3v) is 5.93. The van der Waals surface area contributed by atoms with Crippen molar-refractivity contribution in [3.8, 4) is 5.75 Å². The molecule has 3 fully saturated rings. The van der Waals surface area contributed by atoms with Crippen molar-refractivity contribution in [1.82, 2.24) is 10.1 Å². The third kappa shape index (κ3) is 2.21. The standard InChI is InChI=1S/C17H22ClN3O2/c1-17(2)15(10-6-8-21(17)9-7-10)19-16-11-4-5-12(18)14(22-3)13(11)23-20-16/h4-5,10,15H,6-9H2,1-3H3,(H,19,20)/t15-/m0/s1. The summed E-state index contributed by atoms with van der Waals surface area (Å²) in [5, 5.41) is 9.34. The maximum atomic E-state index is 6.16. The van der Waals surface area contributed by atoms with Gasteiger partial charge in [-0.25, -0.2) is 0 Å². The molecule has 0 unspecified atom stereocenters. The highest BCUT2D eigenvalue weighted by atomic mass is 35.5. The molecular weight excluding hydrogens is 314 g/mol. The van der Waals surface area contributed by atoms with E-state index in [1.165, 1.54) is 25.9 Å². The summed E-state index contributed by atoms with van der Waals surface area (Å²) in [6.45, 7) is 7.02. The molecule has 5 nitrogen and oxygen atoms in total. The zero-order chi connectivity index (χ0) is 16.2. The van der Waals surface area contributed by atoms with Gasteiger partial charge in [0.1, 0.15) is 0 Å². The number of fused-ring (bicyclic) bond motifs is 4. The Kier molecular flexibility index (Phi) is 3.46. The maximum absolute atomic E-state index is 6.16. The molecule has 4 heterocycles. The van der Waals surface area contributed by atoms with Crippen molar-refractivity contribution in [1.29, 1.82) is 0 Å². The maximum Gasteiger partial charge on any atom is 0.212 e. The molecule has 1 atom stereocenters. The Morgan fingerprint density at radius 3 is 2.74 bits per heavy atom. The summed E-state index contributed by atoms with van der Waals surface area (Å²) in [6.07, 6.45) is 2.48. The summed E-state index contributed by atoms with van der Waals surface area (Å²) >= 11 is 6.16. The zero-order valence-corrected chi connectivity index (χ0v) is 14.5. The van der Waals surface area contributed by atoms with Crippen LogP contribution in [0, 0.1) is 5.92 Å². The summed E-state index contributed by atoms with van der Waals surface area (Å²) < 4.78 is 10.9. The Bertz CT molecular complexity index is 735. The smallest absolute Gasteiger partial charge is 0.212 e. The zero-order valence-electron chi connectivity index (χ0n) is 13.7. The van der Waals surface area contributed by atoms with Crippen LogP contribution in [0.2, 0.25) is 5.02 Å². The Hall–Kier alpha value is -1.46. The molecule has 0 amide bonds. The molecular formula is C17H22ClN3O2. The molecule has 124 valence electrons. The number of halogens is 1. The van der Waals surface area contributed by atoms with Gasteiger partial charge in [0.05, 0.1) is 17.5 Å². The fourth-order valence-corrected chi connectivity index (χ4v) is 4.50. The number of anilines is 1. The van der Waals surface area contributed by atoms with Crippen molar-refractivity contribution >= 4 is 28.4 Å². The summed E-state index contributed by atoms with van der Waals surface area (Å²) in [5.74, 6) is 2.00. The molecule has 3 aliphatic rings. The largest absolute Gasteiger partial charge is 0.491 e. The minimum absolute atomic E-state index is 0.114. The van der Waals surface area contributed by atoms with Crippen LogP contribution >= 0.6 is 11.6 Å². The van der Waals surface area contributed by atoms with Gasteiger partial charge in [0.15, 0.2) is 11.6 Å². The van der Waals surface area contributed by atoms with Gasteiger partial charge in [0, 0.05) is 11.6 Å². The average Bonchev–Trinajstić information content (AvgIpc) is 2.94. The first kappa shape index (κ1) is 15.1. The van der Waals surface area contributed by atoms with E-state index in [1.807, 2.05) is 12.1 Å². The minimum Gasteiger partial charge on any atom is -0.491 e. The number of benzene rings is 1. The lowest BCUT2D eigenvalue weighted by Crippen LogP contribution is -2.66. The van der Waals surface area contributed by atoms with E-state index in [1.54, 1.807) is 7.11 Å². The minimum atomic E-state index is 0.114. The number of ether oxygens (including phenoxy) is 1. The van der Waals surface area contributed by atoms with Gasteiger partial charge in [-0.2, -0.15) is 0 Å². The third-order valence-electron chi connectivity index (χ3n) is 5.63. The topological polar surface area (TPSA) is 50.5 Å². The highest BCUT2D eigenvalue weighted by molar-refractivity contribution is 6.33. The second kappa shape index (κ2) is 5.28. The molecule has 0 radical (unpaired) electrons. The van der Waals surface area contributed by atoms with Gasteiger partial charge >= 0.3 is 0 Å². The fourth-order valence-electron chi connectivity index (χ4n) is 4.27. The van der Waals surface area contributed by atoms with Crippen LogP contribution in [0.5, 0.6) is 5.75 Å². The van der Waals surface area contributed by atoms with Gasteiger partial charge in [0.25, 0.3) is 0 Å². The molecule has 6 heteroatoms. The number of nitrogens with zero attached hydrogens (tertiary/aromatic N) is 2. The molecule has 1 aromatic heterocycles. The average molecular weight is 336 g/mol. The van der Waals surface area contributed by atoms with Crippen LogP contribution in [-0.2, 0) is 0 Å². The number of methoxy groups -OCH3 is 1. The summed E-state index contributed by atoms with van der Waals surface area (Å²) in [4.78, 5) is 2.57. The van der Waals surface area contributed by atoms with E-state index in [0.29, 0.717) is 28.3 Å². The normalized spacial score (nSPS) is 29.0. The Morgan fingerprint density at radius 1 is 1.35 bits per heavy atom. The highest BCUT2D eigenvalue weighted by Gasteiger charge is 2.47. The predicted molar refractivity (Wildman–Crippen MR) is 91.4 cm³/mol. The quantitative estimate of drug-likeness (QED) is 0.925. The molecule has 1 N–H and O–H groups in total. The van der Waals surface area contributed by atoms with Crippen LogP contribution in [0.1, 0.15) is 26.7 Å². The van der Waals surface area contributed by atoms with Crippen molar-refractivity contribution < 1.29 is 9.26 Å². The van der Waals surface area contributed by atoms with Crippen molar-refractivity contribution in [3.63, 3.8) is 0 Å². The van der Waals surface area contributed by atoms with E-state index in [-0.39, 0.29) is 5.54 Å². The monoisotopic (exact) mass is 335 g/mol. The second-order valence-corrected chi connectivity index (χ2v) is 7.50. The van der Waals surface area contributed by atoms with Crippen LogP contribution in [0.15, 0.2) is 16.7 Å². The first-order valence-corrected chi connectivity index (χ1v) is 8.53. The number of piperidine rings is 3. The van der Waals surface area contributed by atoms with E-state index in [0.717, 1.165) is 11.2 Å². The van der Waals surface area contributed by atoms with E-state index in [4.69, 9.17) is 20.9 Å². The Balaban J connectivity index is 1.71. The molecule has 0 saturated carbocycles. The van der Waals surface area contributed by atoms with Gasteiger partial charge in [-0.15, -0.1) is 0 Å². The van der Waals surface area contributed by atoms with Crippen LogP contribution in [0.3, 0.4) is 0 Å². The van der Waals surface area contributed by atoms with Gasteiger partial charge < -0.3 is 14.6 Å². The van der Waals surface area contributed by atoms with Crippen molar-refractivity contribution in [3.05, 3.63) is 17.2 Å². The predicted octanol–water partition coefficient (Wildman–Crippen LogP) is 3.77. The number of hydrogen-bond acceptors (Lipinski definition) is 5. The van der Waals surface area contributed by atoms with E-state index < -0.39 is 0 Å². The lowest BCUT2D eigenvalue weighted by atomic mass is 9.72. The Morgan fingerprint density at radius 2 is 2.09 bits per heavy atom. The first-order valence-electron chi connectivity index (χ1n) is 8.16. The summed E-state index contributed by atoms with van der Waals surface area (Å²) in [7, 11) is 1.59. The molecule has 1 aromatic carbocycles. The number of hydrogen-bond donors (Lipinski definition) is 1. The van der Waals surface area contributed by atoms with Gasteiger partial charge in [-0.3, -0.25) is 4.90 Å². The summed E-state index contributed by atoms with van der Waals surface area (Å²) in [6, 6.07) is 4.13. The van der Waals surface area contributed by atoms with Gasteiger partial charge in [0.2, 0.25) is 5.58 Å². The lowest BCUT2D eigenvalue weighted by Gasteiger charge is -2.56. The number of rotatable bonds is 3. The van der Waals surface area contributed by atoms with Gasteiger partial charge in [-0.1, -0.05) is 16.8 Å². The Labute approximate surface area is 140 Å². The molecule has 0 spiro atoms. The summed E-state index contributed by atoms with van der Waals surface area (Å²) in [5.41, 5.74) is 0.713. The van der Waals surface area contributed by atoms with Crippen molar-refractivity contribution in [2.75, 3.05) is 25.5 Å². The molecule has 2 aromatic rings. The fraction of sp³-hybridized carbons (Fsp3) is 0.588. The van der Waals surface area contributed by atoms with Crippen molar-refractivity contribution in [2.24, 2.45) is 5.92 Å². The van der Waals surface area contributed by atoms with Crippen molar-refractivity contribution in [2.45, 2.75) is 38.3 Å². The number of aromatic nitrogens is 1. The van der Waals surface area contributed by atoms with Crippen LogP contribution in [-0.4, -0.2) is 41.8 Å². The highest BCUT2D eigenvalue weighted by Crippen LogP contribution is 2.42. The molecule has 0 aliphatic carbocycles. The molecule has 3 saturated heterocycles.